The lowest BCUT2D eigenvalue weighted by molar-refractivity contribution is -0.192. The van der Waals surface area contributed by atoms with E-state index in [0.29, 0.717) is 23.2 Å². The third-order valence-electron chi connectivity index (χ3n) is 4.92. The van der Waals surface area contributed by atoms with E-state index in [9.17, 15) is 31.4 Å². The number of nitrogens with zero attached hydrogens (tertiary/aromatic N) is 3. The minimum absolute atomic E-state index is 0.199. The number of nitrogens with one attached hydrogen (secondary N) is 2. The molecule has 1 aromatic carbocycles. The summed E-state index contributed by atoms with van der Waals surface area (Å²) in [4.78, 5) is 8.90. The Morgan fingerprint density at radius 1 is 1.15 bits per heavy atom. The first-order valence-electron chi connectivity index (χ1n) is 9.89. The quantitative estimate of drug-likeness (QED) is 0.411. The number of hydrogen-bond donors (Lipinski definition) is 4. The summed E-state index contributed by atoms with van der Waals surface area (Å²) < 4.78 is 72.0. The molecule has 0 bridgehead atoms. The van der Waals surface area contributed by atoms with Gasteiger partial charge in [-0.2, -0.15) is 26.3 Å². The second-order valence-electron chi connectivity index (χ2n) is 7.36. The van der Waals surface area contributed by atoms with Gasteiger partial charge in [0.25, 0.3) is 0 Å². The first-order valence-corrected chi connectivity index (χ1v) is 9.89. The molecule has 4 N–H and O–H groups in total. The van der Waals surface area contributed by atoms with Gasteiger partial charge < -0.3 is 20.8 Å². The Kier molecular flexibility index (Phi) is 7.19. The maximum atomic E-state index is 12.8. The number of aromatic hydroxyl groups is 1. The van der Waals surface area contributed by atoms with E-state index in [4.69, 9.17) is 9.90 Å². The number of phenolic OH excluding ortho intramolecular Hbond substituents is 1. The summed E-state index contributed by atoms with van der Waals surface area (Å²) in [5.74, 6) is -2.69. The molecule has 3 heterocycles. The standard InChI is InChI=1S/C18H18F3N5O.C2HF3O2/c19-18(20,21)11-5-6-13(15(27)9-11)16-14-4-2-8-26(14)17(25-24-16)23-12-3-1-7-22-10-12;3-2(4,5)1(6)7/h2,4-6,8-9,12,22,27H,1,3,7,10H2,(H,23,25);(H,6,7)/t12-;/m1./s1. The minimum Gasteiger partial charge on any atom is -0.507 e. The van der Waals surface area contributed by atoms with Crippen LogP contribution in [-0.2, 0) is 11.0 Å². The van der Waals surface area contributed by atoms with Gasteiger partial charge in [-0.3, -0.25) is 4.40 Å². The highest BCUT2D eigenvalue weighted by atomic mass is 19.4. The van der Waals surface area contributed by atoms with E-state index in [0.717, 1.165) is 32.0 Å². The number of phenols is 1. The number of halogens is 6. The van der Waals surface area contributed by atoms with E-state index in [-0.39, 0.29) is 11.6 Å². The number of aromatic nitrogens is 3. The zero-order valence-electron chi connectivity index (χ0n) is 17.3. The average molecular weight is 491 g/mol. The molecule has 1 saturated heterocycles. The van der Waals surface area contributed by atoms with Crippen LogP contribution in [0.25, 0.3) is 16.8 Å². The Labute approximate surface area is 188 Å². The minimum atomic E-state index is -5.08. The molecule has 4 rings (SSSR count). The normalized spacial score (nSPS) is 16.6. The zero-order chi connectivity index (χ0) is 25.1. The lowest BCUT2D eigenvalue weighted by Gasteiger charge is -2.24. The maximum Gasteiger partial charge on any atom is 0.490 e. The molecule has 3 aromatic rings. The molecule has 0 radical (unpaired) electrons. The molecule has 1 aliphatic heterocycles. The Morgan fingerprint density at radius 2 is 1.85 bits per heavy atom. The number of carbonyl (C=O) groups is 1. The van der Waals surface area contributed by atoms with Crippen LogP contribution in [0.4, 0.5) is 32.3 Å². The van der Waals surface area contributed by atoms with Gasteiger partial charge in [-0.05, 0) is 49.7 Å². The molecule has 14 heteroatoms. The number of carboxylic acid groups (broad SMARTS) is 1. The van der Waals surface area contributed by atoms with Crippen LogP contribution in [0.2, 0.25) is 0 Å². The molecular weight excluding hydrogens is 472 g/mol. The average Bonchev–Trinajstić information content (AvgIpc) is 3.25. The van der Waals surface area contributed by atoms with Crippen molar-refractivity contribution in [3.63, 3.8) is 0 Å². The number of anilines is 1. The predicted octanol–water partition coefficient (Wildman–Crippen LogP) is 3.92. The van der Waals surface area contributed by atoms with Crippen molar-refractivity contribution in [3.05, 3.63) is 42.1 Å². The van der Waals surface area contributed by atoms with Crippen molar-refractivity contribution in [3.8, 4) is 17.0 Å². The summed E-state index contributed by atoms with van der Waals surface area (Å²) in [5.41, 5.74) is 0.251. The smallest absolute Gasteiger partial charge is 0.490 e. The van der Waals surface area contributed by atoms with Crippen LogP contribution >= 0.6 is 0 Å². The molecule has 0 spiro atoms. The molecular formula is C20H19F6N5O3. The van der Waals surface area contributed by atoms with Gasteiger partial charge in [-0.25, -0.2) is 4.79 Å². The lowest BCUT2D eigenvalue weighted by atomic mass is 10.1. The van der Waals surface area contributed by atoms with E-state index in [1.54, 1.807) is 22.7 Å². The van der Waals surface area contributed by atoms with Crippen LogP contribution in [0.3, 0.4) is 0 Å². The summed E-state index contributed by atoms with van der Waals surface area (Å²) in [6.07, 6.45) is -5.72. The molecule has 1 atom stereocenters. The predicted molar refractivity (Wildman–Crippen MR) is 108 cm³/mol. The summed E-state index contributed by atoms with van der Waals surface area (Å²) in [6.45, 7) is 1.82. The second kappa shape index (κ2) is 9.75. The monoisotopic (exact) mass is 491 g/mol. The van der Waals surface area contributed by atoms with Crippen LogP contribution in [0.1, 0.15) is 18.4 Å². The van der Waals surface area contributed by atoms with E-state index in [2.05, 4.69) is 20.8 Å². The van der Waals surface area contributed by atoms with Gasteiger partial charge >= 0.3 is 18.3 Å². The van der Waals surface area contributed by atoms with Gasteiger partial charge in [-0.15, -0.1) is 10.2 Å². The van der Waals surface area contributed by atoms with Crippen LogP contribution in [0, 0.1) is 0 Å². The number of benzene rings is 1. The third-order valence-corrected chi connectivity index (χ3v) is 4.92. The van der Waals surface area contributed by atoms with Crippen LogP contribution < -0.4 is 10.6 Å². The number of carboxylic acids is 1. The van der Waals surface area contributed by atoms with Crippen molar-refractivity contribution >= 4 is 17.4 Å². The maximum absolute atomic E-state index is 12.8. The Balaban J connectivity index is 0.000000406. The highest BCUT2D eigenvalue weighted by molar-refractivity contribution is 5.81. The van der Waals surface area contributed by atoms with Crippen LogP contribution in [0.15, 0.2) is 36.5 Å². The van der Waals surface area contributed by atoms with Crippen LogP contribution in [0.5, 0.6) is 5.75 Å². The molecule has 1 fully saturated rings. The molecule has 0 aliphatic carbocycles. The number of rotatable bonds is 3. The first-order chi connectivity index (χ1) is 15.9. The Morgan fingerprint density at radius 3 is 2.41 bits per heavy atom. The number of aliphatic carboxylic acids is 1. The summed E-state index contributed by atoms with van der Waals surface area (Å²) in [7, 11) is 0. The fourth-order valence-electron chi connectivity index (χ4n) is 3.31. The highest BCUT2D eigenvalue weighted by Gasteiger charge is 2.38. The summed E-state index contributed by atoms with van der Waals surface area (Å²) in [5, 5.41) is 32.3. The SMILES string of the molecule is O=C(O)C(F)(F)F.Oc1cc(C(F)(F)F)ccc1-c1nnc(N[C@@H]2CCCNC2)n2cccc12. The van der Waals surface area contributed by atoms with E-state index < -0.39 is 29.6 Å². The van der Waals surface area contributed by atoms with E-state index in [1.807, 2.05) is 0 Å². The van der Waals surface area contributed by atoms with Crippen LogP contribution in [-0.4, -0.2) is 56.1 Å². The molecule has 2 aromatic heterocycles. The molecule has 184 valence electrons. The van der Waals surface area contributed by atoms with E-state index >= 15 is 0 Å². The molecule has 0 saturated carbocycles. The second-order valence-corrected chi connectivity index (χ2v) is 7.36. The van der Waals surface area contributed by atoms with Gasteiger partial charge in [0.15, 0.2) is 0 Å². The zero-order valence-corrected chi connectivity index (χ0v) is 17.3. The number of piperidine rings is 1. The van der Waals surface area contributed by atoms with E-state index in [1.165, 1.54) is 6.07 Å². The molecule has 8 nitrogen and oxygen atoms in total. The van der Waals surface area contributed by atoms with Gasteiger partial charge in [-0.1, -0.05) is 0 Å². The molecule has 1 aliphatic rings. The van der Waals surface area contributed by atoms with Crippen molar-refractivity contribution in [1.29, 1.82) is 0 Å². The largest absolute Gasteiger partial charge is 0.507 e. The van der Waals surface area contributed by atoms with Crippen molar-refractivity contribution in [2.24, 2.45) is 0 Å². The summed E-state index contributed by atoms with van der Waals surface area (Å²) in [6, 6.07) is 6.66. The third kappa shape index (κ3) is 5.87. The fourth-order valence-corrected chi connectivity index (χ4v) is 3.31. The number of alkyl halides is 6. The van der Waals surface area contributed by atoms with Crippen molar-refractivity contribution in [1.82, 2.24) is 19.9 Å². The molecule has 0 unspecified atom stereocenters. The fraction of sp³-hybridized carbons (Fsp3) is 0.350. The van der Waals surface area contributed by atoms with Crippen molar-refractivity contribution in [2.75, 3.05) is 18.4 Å². The molecule has 34 heavy (non-hydrogen) atoms. The van der Waals surface area contributed by atoms with Crippen molar-refractivity contribution in [2.45, 2.75) is 31.2 Å². The van der Waals surface area contributed by atoms with Gasteiger partial charge in [0.05, 0.1) is 11.1 Å². The van der Waals surface area contributed by atoms with Gasteiger partial charge in [0, 0.05) is 24.3 Å². The number of hydrogen-bond acceptors (Lipinski definition) is 6. The van der Waals surface area contributed by atoms with Gasteiger partial charge in [0.2, 0.25) is 5.95 Å². The topological polar surface area (TPSA) is 112 Å². The van der Waals surface area contributed by atoms with Crippen molar-refractivity contribution < 1.29 is 41.4 Å². The highest BCUT2D eigenvalue weighted by Crippen LogP contribution is 2.37. The molecule has 0 amide bonds. The first kappa shape index (κ1) is 25.1. The Bertz CT molecular complexity index is 1160. The van der Waals surface area contributed by atoms with Gasteiger partial charge in [0.1, 0.15) is 11.4 Å². The summed E-state index contributed by atoms with van der Waals surface area (Å²) >= 11 is 0. The Hall–Kier alpha value is -3.55. The number of fused-ring (bicyclic) bond motifs is 1. The lowest BCUT2D eigenvalue weighted by Crippen LogP contribution is -2.39.